The third-order valence-corrected chi connectivity index (χ3v) is 6.82. The Kier molecular flexibility index (Phi) is 5.00. The summed E-state index contributed by atoms with van der Waals surface area (Å²) in [5.41, 5.74) is -0.264. The lowest BCUT2D eigenvalue weighted by molar-refractivity contribution is 0.0691. The molecule has 1 unspecified atom stereocenters. The molecule has 0 aromatic carbocycles. The Morgan fingerprint density at radius 1 is 1.57 bits per heavy atom. The number of hydrogen-bond donors (Lipinski definition) is 1. The molecule has 1 fully saturated rings. The average Bonchev–Trinajstić information content (AvgIpc) is 2.47. The van der Waals surface area contributed by atoms with Gasteiger partial charge < -0.3 is 10.0 Å². The number of anilines is 1. The van der Waals surface area contributed by atoms with E-state index in [1.165, 1.54) is 6.07 Å². The Hall–Kier alpha value is -0.990. The van der Waals surface area contributed by atoms with Crippen LogP contribution in [0.3, 0.4) is 0 Å². The first-order valence-electron chi connectivity index (χ1n) is 6.32. The molecule has 9 heteroatoms. The van der Waals surface area contributed by atoms with Gasteiger partial charge in [-0.15, -0.1) is 0 Å². The number of carboxylic acids is 1. The number of halogens is 1. The van der Waals surface area contributed by atoms with Gasteiger partial charge in [0, 0.05) is 23.8 Å². The summed E-state index contributed by atoms with van der Waals surface area (Å²) in [5.74, 6) is 0.349. The molecule has 1 aliphatic rings. The first-order chi connectivity index (χ1) is 9.86. The standard InChI is InChI=1S/C12H15ClN2O4S2/c1-2-21(18,19)10-7-20-6-5-15(10)9-4-3-8(13)11(14-9)12(16)17/h3-4,10H,2,5-7H2,1H3,(H,16,17). The van der Waals surface area contributed by atoms with Crippen LogP contribution < -0.4 is 4.90 Å². The van der Waals surface area contributed by atoms with Crippen LogP contribution in [0.5, 0.6) is 0 Å². The topological polar surface area (TPSA) is 87.6 Å². The Labute approximate surface area is 132 Å². The van der Waals surface area contributed by atoms with Gasteiger partial charge >= 0.3 is 5.97 Å². The third kappa shape index (κ3) is 3.44. The summed E-state index contributed by atoms with van der Waals surface area (Å²) in [6.07, 6.45) is 0. The minimum absolute atomic E-state index is 0.0348. The molecular weight excluding hydrogens is 336 g/mol. The molecule has 0 bridgehead atoms. The Balaban J connectivity index is 2.43. The van der Waals surface area contributed by atoms with Crippen LogP contribution in [0.15, 0.2) is 12.1 Å². The molecule has 116 valence electrons. The maximum absolute atomic E-state index is 12.2. The minimum atomic E-state index is -3.28. The van der Waals surface area contributed by atoms with Gasteiger partial charge in [-0.1, -0.05) is 18.5 Å². The molecule has 0 radical (unpaired) electrons. The molecular formula is C12H15ClN2O4S2. The van der Waals surface area contributed by atoms with Crippen LogP contribution in [-0.4, -0.2) is 53.7 Å². The van der Waals surface area contributed by atoms with Gasteiger partial charge in [0.1, 0.15) is 11.2 Å². The van der Waals surface area contributed by atoms with E-state index in [0.29, 0.717) is 18.1 Å². The smallest absolute Gasteiger partial charge is 0.356 e. The van der Waals surface area contributed by atoms with Gasteiger partial charge in [-0.25, -0.2) is 18.2 Å². The largest absolute Gasteiger partial charge is 0.476 e. The Bertz CT molecular complexity index is 651. The number of thioether (sulfide) groups is 1. The van der Waals surface area contributed by atoms with Crippen molar-refractivity contribution in [1.29, 1.82) is 0 Å². The molecule has 6 nitrogen and oxygen atoms in total. The molecule has 1 atom stereocenters. The van der Waals surface area contributed by atoms with Crippen LogP contribution in [0, 0.1) is 0 Å². The van der Waals surface area contributed by atoms with E-state index < -0.39 is 21.2 Å². The van der Waals surface area contributed by atoms with Crippen LogP contribution in [-0.2, 0) is 9.84 Å². The van der Waals surface area contributed by atoms with Crippen molar-refractivity contribution in [2.45, 2.75) is 12.3 Å². The fourth-order valence-electron chi connectivity index (χ4n) is 2.07. The molecule has 0 saturated carbocycles. The summed E-state index contributed by atoms with van der Waals surface area (Å²) < 4.78 is 24.4. The fourth-order valence-corrected chi connectivity index (χ4v) is 5.24. The second-order valence-corrected chi connectivity index (χ2v) is 8.48. The zero-order chi connectivity index (χ0) is 15.6. The predicted molar refractivity (Wildman–Crippen MR) is 84.1 cm³/mol. The fraction of sp³-hybridized carbons (Fsp3) is 0.500. The van der Waals surface area contributed by atoms with Crippen molar-refractivity contribution >= 4 is 45.0 Å². The first kappa shape index (κ1) is 16.4. The van der Waals surface area contributed by atoms with Crippen LogP contribution in [0.4, 0.5) is 5.82 Å². The predicted octanol–water partition coefficient (Wildman–Crippen LogP) is 1.75. The number of aromatic nitrogens is 1. The molecule has 1 aliphatic heterocycles. The van der Waals surface area contributed by atoms with Crippen molar-refractivity contribution in [3.8, 4) is 0 Å². The minimum Gasteiger partial charge on any atom is -0.476 e. The number of rotatable bonds is 4. The van der Waals surface area contributed by atoms with E-state index >= 15 is 0 Å². The van der Waals surface area contributed by atoms with Crippen LogP contribution >= 0.6 is 23.4 Å². The summed E-state index contributed by atoms with van der Waals surface area (Å²) >= 11 is 7.37. The van der Waals surface area contributed by atoms with E-state index in [1.807, 2.05) is 0 Å². The van der Waals surface area contributed by atoms with Crippen molar-refractivity contribution in [3.63, 3.8) is 0 Å². The van der Waals surface area contributed by atoms with Gasteiger partial charge in [-0.2, -0.15) is 11.8 Å². The number of pyridine rings is 1. The lowest BCUT2D eigenvalue weighted by Gasteiger charge is -2.35. The van der Waals surface area contributed by atoms with E-state index in [4.69, 9.17) is 16.7 Å². The number of aromatic carboxylic acids is 1. The highest BCUT2D eigenvalue weighted by molar-refractivity contribution is 8.01. The quantitative estimate of drug-likeness (QED) is 0.884. The van der Waals surface area contributed by atoms with E-state index in [-0.39, 0.29) is 16.5 Å². The average molecular weight is 351 g/mol. The Morgan fingerprint density at radius 3 is 2.90 bits per heavy atom. The number of hydrogen-bond acceptors (Lipinski definition) is 6. The number of carboxylic acid groups (broad SMARTS) is 1. The SMILES string of the molecule is CCS(=O)(=O)C1CSCCN1c1ccc(Cl)c(C(=O)O)n1. The summed E-state index contributed by atoms with van der Waals surface area (Å²) in [6.45, 7) is 2.10. The molecule has 0 spiro atoms. The molecule has 21 heavy (non-hydrogen) atoms. The molecule has 2 heterocycles. The van der Waals surface area contributed by atoms with Gasteiger partial charge in [0.05, 0.1) is 5.02 Å². The molecule has 1 saturated heterocycles. The van der Waals surface area contributed by atoms with Gasteiger partial charge in [0.15, 0.2) is 15.5 Å². The molecule has 1 N–H and O–H groups in total. The van der Waals surface area contributed by atoms with Crippen LogP contribution in [0.2, 0.25) is 5.02 Å². The van der Waals surface area contributed by atoms with Crippen molar-refractivity contribution in [2.75, 3.05) is 28.7 Å². The highest BCUT2D eigenvalue weighted by Gasteiger charge is 2.34. The van der Waals surface area contributed by atoms with Crippen molar-refractivity contribution < 1.29 is 18.3 Å². The van der Waals surface area contributed by atoms with Crippen molar-refractivity contribution in [2.24, 2.45) is 0 Å². The van der Waals surface area contributed by atoms with Gasteiger partial charge in [-0.05, 0) is 12.1 Å². The van der Waals surface area contributed by atoms with Crippen LogP contribution in [0.25, 0.3) is 0 Å². The maximum Gasteiger partial charge on any atom is 0.356 e. The van der Waals surface area contributed by atoms with Crippen LogP contribution in [0.1, 0.15) is 17.4 Å². The normalized spacial score (nSPS) is 19.5. The lowest BCUT2D eigenvalue weighted by atomic mass is 10.3. The highest BCUT2D eigenvalue weighted by atomic mass is 35.5. The van der Waals surface area contributed by atoms with Gasteiger partial charge in [0.25, 0.3) is 0 Å². The van der Waals surface area contributed by atoms with Crippen molar-refractivity contribution in [1.82, 2.24) is 4.98 Å². The molecule has 0 aliphatic carbocycles. The summed E-state index contributed by atoms with van der Waals surface area (Å²) in [7, 11) is -3.28. The summed E-state index contributed by atoms with van der Waals surface area (Å²) in [6, 6.07) is 2.99. The molecule has 1 aromatic heterocycles. The lowest BCUT2D eigenvalue weighted by Crippen LogP contribution is -2.48. The molecule has 0 amide bonds. The van der Waals surface area contributed by atoms with Gasteiger partial charge in [0.2, 0.25) is 0 Å². The van der Waals surface area contributed by atoms with Crippen molar-refractivity contribution in [3.05, 3.63) is 22.8 Å². The van der Waals surface area contributed by atoms with Gasteiger partial charge in [-0.3, -0.25) is 0 Å². The molecule has 1 aromatic rings. The van der Waals surface area contributed by atoms with E-state index in [9.17, 15) is 13.2 Å². The second-order valence-electron chi connectivity index (χ2n) is 4.48. The summed E-state index contributed by atoms with van der Waals surface area (Å²) in [5, 5.41) is 8.42. The zero-order valence-corrected chi connectivity index (χ0v) is 13.7. The Morgan fingerprint density at radius 2 is 2.29 bits per heavy atom. The monoisotopic (exact) mass is 350 g/mol. The first-order valence-corrected chi connectivity index (χ1v) is 9.57. The zero-order valence-electron chi connectivity index (χ0n) is 11.3. The highest BCUT2D eigenvalue weighted by Crippen LogP contribution is 2.28. The second kappa shape index (κ2) is 6.41. The number of nitrogens with zero attached hydrogens (tertiary/aromatic N) is 2. The van der Waals surface area contributed by atoms with E-state index in [1.54, 1.807) is 29.7 Å². The molecule has 2 rings (SSSR count). The number of carbonyl (C=O) groups is 1. The third-order valence-electron chi connectivity index (χ3n) is 3.23. The number of sulfone groups is 1. The van der Waals surface area contributed by atoms with E-state index in [0.717, 1.165) is 5.75 Å². The maximum atomic E-state index is 12.2. The van der Waals surface area contributed by atoms with E-state index in [2.05, 4.69) is 4.98 Å². The summed E-state index contributed by atoms with van der Waals surface area (Å²) in [4.78, 5) is 16.8.